The lowest BCUT2D eigenvalue weighted by Gasteiger charge is -2.08. The number of thioether (sulfide) groups is 1. The van der Waals surface area contributed by atoms with Crippen LogP contribution >= 0.6 is 23.1 Å². The molecule has 0 unspecified atom stereocenters. The Balaban J connectivity index is 1.72. The van der Waals surface area contributed by atoms with Gasteiger partial charge in [0, 0.05) is 5.39 Å². The molecular formula is C18H17N5O2S2. The van der Waals surface area contributed by atoms with Crippen LogP contribution in [0.5, 0.6) is 5.75 Å². The number of hydrogen-bond donors (Lipinski definition) is 1. The summed E-state index contributed by atoms with van der Waals surface area (Å²) in [6.07, 6.45) is 0.778. The van der Waals surface area contributed by atoms with Crippen molar-refractivity contribution in [1.82, 2.24) is 15.2 Å². The lowest BCUT2D eigenvalue weighted by molar-refractivity contribution is -0.113. The first kappa shape index (κ1) is 19.1. The molecule has 0 radical (unpaired) electrons. The van der Waals surface area contributed by atoms with Crippen LogP contribution in [0.3, 0.4) is 0 Å². The number of benzene rings is 1. The molecular weight excluding hydrogens is 382 g/mol. The zero-order valence-corrected chi connectivity index (χ0v) is 16.5. The second-order valence-electron chi connectivity index (χ2n) is 5.43. The molecule has 0 bridgehead atoms. The number of carbonyl (C=O) groups excluding carboxylic acids is 1. The molecule has 9 heteroatoms. The van der Waals surface area contributed by atoms with Gasteiger partial charge in [0.2, 0.25) is 11.0 Å². The molecule has 0 atom stereocenters. The zero-order chi connectivity index (χ0) is 19.2. The molecule has 0 spiro atoms. The summed E-state index contributed by atoms with van der Waals surface area (Å²) in [6.45, 7) is 4.47. The number of nitrogens with zero attached hydrogens (tertiary/aromatic N) is 4. The second-order valence-corrected chi connectivity index (χ2v) is 7.46. The molecule has 0 saturated heterocycles. The van der Waals surface area contributed by atoms with Crippen LogP contribution < -0.4 is 10.1 Å². The molecule has 0 aliphatic carbocycles. The Hall–Kier alpha value is -2.70. The van der Waals surface area contributed by atoms with Crippen molar-refractivity contribution >= 4 is 45.0 Å². The number of amides is 1. The predicted molar refractivity (Wildman–Crippen MR) is 106 cm³/mol. The van der Waals surface area contributed by atoms with Crippen LogP contribution in [0.15, 0.2) is 29.3 Å². The third-order valence-corrected chi connectivity index (χ3v) is 5.51. The summed E-state index contributed by atoms with van der Waals surface area (Å²) in [7, 11) is 0. The summed E-state index contributed by atoms with van der Waals surface area (Å²) >= 11 is 2.57. The Morgan fingerprint density at radius 3 is 2.89 bits per heavy atom. The van der Waals surface area contributed by atoms with Crippen LogP contribution in [0.4, 0.5) is 5.13 Å². The van der Waals surface area contributed by atoms with Crippen molar-refractivity contribution in [1.29, 1.82) is 5.26 Å². The molecule has 3 aromatic rings. The van der Waals surface area contributed by atoms with Crippen molar-refractivity contribution in [3.05, 3.63) is 34.8 Å². The summed E-state index contributed by atoms with van der Waals surface area (Å²) in [5.74, 6) is 0.654. The highest BCUT2D eigenvalue weighted by Gasteiger charge is 2.12. The number of aromatic nitrogens is 3. The number of anilines is 1. The number of pyridine rings is 1. The summed E-state index contributed by atoms with van der Waals surface area (Å²) in [6, 6.07) is 9.46. The monoisotopic (exact) mass is 399 g/mol. The van der Waals surface area contributed by atoms with E-state index < -0.39 is 0 Å². The van der Waals surface area contributed by atoms with Crippen LogP contribution in [0.1, 0.15) is 24.4 Å². The average Bonchev–Trinajstić information content (AvgIpc) is 3.13. The molecule has 27 heavy (non-hydrogen) atoms. The Morgan fingerprint density at radius 1 is 1.33 bits per heavy atom. The van der Waals surface area contributed by atoms with E-state index in [-0.39, 0.29) is 11.7 Å². The molecule has 7 nitrogen and oxygen atoms in total. The van der Waals surface area contributed by atoms with Gasteiger partial charge in [-0.3, -0.25) is 10.1 Å². The van der Waals surface area contributed by atoms with Gasteiger partial charge in [-0.25, -0.2) is 4.98 Å². The minimum Gasteiger partial charge on any atom is -0.494 e. The number of nitriles is 1. The van der Waals surface area contributed by atoms with Gasteiger partial charge in [-0.15, -0.1) is 10.2 Å². The van der Waals surface area contributed by atoms with Gasteiger partial charge in [0.15, 0.2) is 0 Å². The van der Waals surface area contributed by atoms with Gasteiger partial charge in [0.05, 0.1) is 23.4 Å². The Labute approximate surface area is 164 Å². The molecule has 0 saturated carbocycles. The van der Waals surface area contributed by atoms with Crippen molar-refractivity contribution in [3.63, 3.8) is 0 Å². The number of hydrogen-bond acceptors (Lipinski definition) is 8. The zero-order valence-electron chi connectivity index (χ0n) is 14.9. The number of ether oxygens (including phenoxy) is 1. The van der Waals surface area contributed by atoms with Gasteiger partial charge in [-0.2, -0.15) is 5.26 Å². The van der Waals surface area contributed by atoms with Gasteiger partial charge in [0.25, 0.3) is 0 Å². The lowest BCUT2D eigenvalue weighted by Crippen LogP contribution is -2.14. The fraction of sp³-hybridized carbons (Fsp3) is 0.278. The van der Waals surface area contributed by atoms with Gasteiger partial charge in [-0.05, 0) is 37.6 Å². The Kier molecular flexibility index (Phi) is 6.21. The predicted octanol–water partition coefficient (Wildman–Crippen LogP) is 3.65. The lowest BCUT2D eigenvalue weighted by atomic mass is 10.1. The van der Waals surface area contributed by atoms with Gasteiger partial charge >= 0.3 is 0 Å². The van der Waals surface area contributed by atoms with Crippen molar-refractivity contribution < 1.29 is 9.53 Å². The van der Waals surface area contributed by atoms with Crippen LogP contribution in [0.25, 0.3) is 10.9 Å². The summed E-state index contributed by atoms with van der Waals surface area (Å²) < 4.78 is 5.48. The number of fused-ring (bicyclic) bond motifs is 1. The quantitative estimate of drug-likeness (QED) is 0.605. The van der Waals surface area contributed by atoms with Gasteiger partial charge in [0.1, 0.15) is 21.9 Å². The van der Waals surface area contributed by atoms with E-state index in [1.54, 1.807) is 6.07 Å². The summed E-state index contributed by atoms with van der Waals surface area (Å²) in [5.41, 5.74) is 1.18. The minimum atomic E-state index is -0.212. The van der Waals surface area contributed by atoms with Gasteiger partial charge < -0.3 is 4.74 Å². The van der Waals surface area contributed by atoms with E-state index in [4.69, 9.17) is 4.74 Å². The number of nitrogens with one attached hydrogen (secondary N) is 1. The number of carbonyl (C=O) groups is 1. The number of aryl methyl sites for hydroxylation is 1. The summed E-state index contributed by atoms with van der Waals surface area (Å²) in [5, 5.41) is 22.7. The normalized spacial score (nSPS) is 10.6. The standard InChI is InChI=1S/C18H17N5O2S2/c1-3-16-22-23-18(27-16)21-15(24)10-26-17-12(9-19)7-11-8-13(25-4-2)5-6-14(11)20-17/h5-8H,3-4,10H2,1-2H3,(H,21,23,24). The van der Waals surface area contributed by atoms with E-state index in [1.165, 1.54) is 23.1 Å². The highest BCUT2D eigenvalue weighted by Crippen LogP contribution is 2.27. The average molecular weight is 400 g/mol. The van der Waals surface area contributed by atoms with Crippen molar-refractivity contribution in [2.75, 3.05) is 17.7 Å². The van der Waals surface area contributed by atoms with E-state index in [0.717, 1.165) is 28.1 Å². The maximum Gasteiger partial charge on any atom is 0.236 e. The molecule has 0 aliphatic heterocycles. The smallest absolute Gasteiger partial charge is 0.236 e. The molecule has 1 aromatic carbocycles. The molecule has 138 valence electrons. The van der Waals surface area contributed by atoms with Crippen LogP contribution in [0.2, 0.25) is 0 Å². The fourth-order valence-corrected chi connectivity index (χ4v) is 3.78. The third kappa shape index (κ3) is 4.72. The summed E-state index contributed by atoms with van der Waals surface area (Å²) in [4.78, 5) is 16.7. The Morgan fingerprint density at radius 2 is 2.19 bits per heavy atom. The molecule has 0 aliphatic rings. The fourth-order valence-electron chi connectivity index (χ4n) is 2.32. The highest BCUT2D eigenvalue weighted by molar-refractivity contribution is 8.00. The molecule has 2 heterocycles. The topological polar surface area (TPSA) is 101 Å². The van der Waals surface area contributed by atoms with E-state index in [2.05, 4.69) is 26.6 Å². The third-order valence-electron chi connectivity index (χ3n) is 3.54. The van der Waals surface area contributed by atoms with Crippen molar-refractivity contribution in [2.24, 2.45) is 0 Å². The molecule has 3 rings (SSSR count). The minimum absolute atomic E-state index is 0.130. The largest absolute Gasteiger partial charge is 0.494 e. The maximum absolute atomic E-state index is 12.1. The Bertz CT molecular complexity index is 1010. The van der Waals surface area contributed by atoms with Crippen LogP contribution in [0, 0.1) is 11.3 Å². The molecule has 1 amide bonds. The molecule has 2 aromatic heterocycles. The van der Waals surface area contributed by atoms with Gasteiger partial charge in [-0.1, -0.05) is 30.0 Å². The molecule has 1 N–H and O–H groups in total. The molecule has 0 fully saturated rings. The second kappa shape index (κ2) is 8.79. The maximum atomic E-state index is 12.1. The van der Waals surface area contributed by atoms with Crippen LogP contribution in [-0.2, 0) is 11.2 Å². The van der Waals surface area contributed by atoms with E-state index in [0.29, 0.717) is 22.3 Å². The van der Waals surface area contributed by atoms with Crippen molar-refractivity contribution in [2.45, 2.75) is 25.3 Å². The van der Waals surface area contributed by atoms with E-state index in [9.17, 15) is 10.1 Å². The number of rotatable bonds is 7. The first-order chi connectivity index (χ1) is 13.1. The first-order valence-electron chi connectivity index (χ1n) is 8.35. The first-order valence-corrected chi connectivity index (χ1v) is 10.2. The highest BCUT2D eigenvalue weighted by atomic mass is 32.2. The van der Waals surface area contributed by atoms with E-state index in [1.807, 2.05) is 32.0 Å². The van der Waals surface area contributed by atoms with Crippen molar-refractivity contribution in [3.8, 4) is 11.8 Å². The van der Waals surface area contributed by atoms with E-state index >= 15 is 0 Å². The van der Waals surface area contributed by atoms with Crippen LogP contribution in [-0.4, -0.2) is 33.4 Å². The SMILES string of the molecule is CCOc1ccc2nc(SCC(=O)Nc3nnc(CC)s3)c(C#N)cc2c1.